The van der Waals surface area contributed by atoms with Gasteiger partial charge < -0.3 is 0 Å². The molecule has 0 heterocycles. The summed E-state index contributed by atoms with van der Waals surface area (Å²) in [6, 6.07) is 0. The van der Waals surface area contributed by atoms with Crippen LogP contribution in [0.15, 0.2) is 12.2 Å². The zero-order valence-corrected chi connectivity index (χ0v) is 5.21. The summed E-state index contributed by atoms with van der Waals surface area (Å²) in [4.78, 5) is 0. The molecule has 7 heavy (non-hydrogen) atoms. The Balaban J connectivity index is 2.74. The van der Waals surface area contributed by atoms with Crippen molar-refractivity contribution in [2.75, 3.05) is 0 Å². The predicted molar refractivity (Wildman–Crippen MR) is 34.0 cm³/mol. The van der Waals surface area contributed by atoms with E-state index >= 15 is 0 Å². The van der Waals surface area contributed by atoms with Gasteiger partial charge in [-0.2, -0.15) is 0 Å². The third-order valence-corrected chi connectivity index (χ3v) is 2.50. The van der Waals surface area contributed by atoms with Crippen molar-refractivity contribution < 1.29 is 4.21 Å². The third-order valence-electron chi connectivity index (χ3n) is 0.756. The van der Waals surface area contributed by atoms with Crippen molar-refractivity contribution >= 4 is 25.3 Å². The lowest BCUT2D eigenvalue weighted by atomic mass is 10.9. The Morgan fingerprint density at radius 3 is 2.14 bits per heavy atom. The van der Waals surface area contributed by atoms with E-state index in [1.54, 1.807) is 12.2 Å². The lowest BCUT2D eigenvalue weighted by molar-refractivity contribution is 0.690. The second kappa shape index (κ2) is 1.26. The molecular weight excluding hydrogens is 132 g/mol. The number of halogens is 1. The lowest BCUT2D eigenvalue weighted by Gasteiger charge is -1.89. The quantitative estimate of drug-likeness (QED) is 0.296. The number of hydrogen-bond acceptors (Lipinski definition) is 1. The molecule has 0 aromatic carbocycles. The smallest absolute Gasteiger partial charge is 0.0769 e. The molecule has 0 saturated carbocycles. The topological polar surface area (TPSA) is 17.1 Å². The van der Waals surface area contributed by atoms with Crippen molar-refractivity contribution in [1.82, 2.24) is 0 Å². The SMILES string of the molecule is C=S(=O)(Cl)C1C=C1. The Morgan fingerprint density at radius 2 is 2.14 bits per heavy atom. The lowest BCUT2D eigenvalue weighted by Crippen LogP contribution is -1.95. The van der Waals surface area contributed by atoms with Crippen LogP contribution < -0.4 is 0 Å². The normalized spacial score (nSPS) is 27.0. The third kappa shape index (κ3) is 1.21. The van der Waals surface area contributed by atoms with E-state index in [2.05, 4.69) is 5.87 Å². The van der Waals surface area contributed by atoms with Gasteiger partial charge in [0.25, 0.3) is 0 Å². The van der Waals surface area contributed by atoms with E-state index < -0.39 is 8.74 Å². The van der Waals surface area contributed by atoms with Gasteiger partial charge in [-0.1, -0.05) is 12.2 Å². The first kappa shape index (κ1) is 5.19. The van der Waals surface area contributed by atoms with Crippen LogP contribution in [-0.4, -0.2) is 15.3 Å². The van der Waals surface area contributed by atoms with Crippen LogP contribution in [0.3, 0.4) is 0 Å². The number of hydrogen-bond donors (Lipinski definition) is 0. The fourth-order valence-corrected chi connectivity index (χ4v) is 1.20. The fraction of sp³-hybridized carbons (Fsp3) is 0.250. The molecule has 1 atom stereocenters. The van der Waals surface area contributed by atoms with Gasteiger partial charge in [0.2, 0.25) is 0 Å². The summed E-state index contributed by atoms with van der Waals surface area (Å²) in [7, 11) is 3.02. The molecule has 0 spiro atoms. The Morgan fingerprint density at radius 1 is 1.71 bits per heavy atom. The van der Waals surface area contributed by atoms with Crippen molar-refractivity contribution in [2.45, 2.75) is 5.25 Å². The van der Waals surface area contributed by atoms with Crippen LogP contribution in [0.1, 0.15) is 0 Å². The first-order valence-electron chi connectivity index (χ1n) is 1.85. The molecule has 1 nitrogen and oxygen atoms in total. The van der Waals surface area contributed by atoms with Crippen LogP contribution in [0.4, 0.5) is 0 Å². The molecule has 0 amide bonds. The standard InChI is InChI=1S/C4H5ClOS/c1-7(5,6)4-2-3-4/h2-4H,1H2. The maximum Gasteiger partial charge on any atom is 0.0769 e. The highest BCUT2D eigenvalue weighted by atomic mass is 35.7. The molecule has 0 bridgehead atoms. The summed E-state index contributed by atoms with van der Waals surface area (Å²) in [6.07, 6.45) is 3.56. The Hall–Kier alpha value is 0.0500. The van der Waals surface area contributed by atoms with Gasteiger partial charge in [0.15, 0.2) is 0 Å². The van der Waals surface area contributed by atoms with Crippen LogP contribution in [-0.2, 0) is 8.74 Å². The highest BCUT2D eigenvalue weighted by Crippen LogP contribution is 2.19. The minimum atomic E-state index is -2.27. The molecule has 0 aromatic heterocycles. The highest BCUT2D eigenvalue weighted by Gasteiger charge is 2.18. The average Bonchev–Trinajstić information content (AvgIpc) is 1.99. The summed E-state index contributed by atoms with van der Waals surface area (Å²) in [5.74, 6) is 3.26. The van der Waals surface area contributed by atoms with Gasteiger partial charge in [-0.3, -0.25) is 4.21 Å². The van der Waals surface area contributed by atoms with Crippen LogP contribution in [0.5, 0.6) is 0 Å². The van der Waals surface area contributed by atoms with Crippen molar-refractivity contribution in [2.24, 2.45) is 0 Å². The Labute approximate surface area is 47.5 Å². The fourth-order valence-electron chi connectivity index (χ4n) is 0.280. The van der Waals surface area contributed by atoms with Gasteiger partial charge in [0, 0.05) is 0 Å². The maximum absolute atomic E-state index is 10.5. The zero-order chi connectivity index (χ0) is 5.49. The summed E-state index contributed by atoms with van der Waals surface area (Å²) in [5.41, 5.74) is 0. The van der Waals surface area contributed by atoms with Crippen molar-refractivity contribution in [1.29, 1.82) is 0 Å². The van der Waals surface area contributed by atoms with E-state index in [1.807, 2.05) is 0 Å². The summed E-state index contributed by atoms with van der Waals surface area (Å²) in [5, 5.41) is -0.0193. The molecule has 0 saturated heterocycles. The molecule has 0 fully saturated rings. The van der Waals surface area contributed by atoms with Crippen molar-refractivity contribution in [3.63, 3.8) is 0 Å². The van der Waals surface area contributed by atoms with Gasteiger partial charge >= 0.3 is 0 Å². The van der Waals surface area contributed by atoms with Gasteiger partial charge in [0.1, 0.15) is 0 Å². The number of rotatable bonds is 1. The molecule has 0 aliphatic heterocycles. The average molecular weight is 137 g/mol. The molecule has 1 unspecified atom stereocenters. The molecule has 0 N–H and O–H groups in total. The first-order chi connectivity index (χ1) is 3.11. The molecule has 1 aliphatic carbocycles. The molecule has 3 heteroatoms. The summed E-state index contributed by atoms with van der Waals surface area (Å²) in [6.45, 7) is 0. The van der Waals surface area contributed by atoms with Gasteiger partial charge in [0.05, 0.1) is 14.0 Å². The minimum Gasteiger partial charge on any atom is -0.252 e. The first-order valence-corrected chi connectivity index (χ1v) is 4.46. The predicted octanol–water partition coefficient (Wildman–Crippen LogP) is 0.795. The van der Waals surface area contributed by atoms with E-state index in [9.17, 15) is 4.21 Å². The highest BCUT2D eigenvalue weighted by molar-refractivity contribution is 8.21. The van der Waals surface area contributed by atoms with Gasteiger partial charge in [-0.15, -0.1) is 0 Å². The van der Waals surface area contributed by atoms with E-state index in [0.717, 1.165) is 0 Å². The zero-order valence-electron chi connectivity index (χ0n) is 3.63. The minimum absolute atomic E-state index is 0.0193. The molecule has 0 radical (unpaired) electrons. The molecule has 1 rings (SSSR count). The van der Waals surface area contributed by atoms with Crippen LogP contribution in [0.25, 0.3) is 0 Å². The van der Waals surface area contributed by atoms with Gasteiger partial charge in [-0.25, -0.2) is 0 Å². The Kier molecular flexibility index (Phi) is 0.937. The van der Waals surface area contributed by atoms with E-state index in [0.29, 0.717) is 0 Å². The second-order valence-corrected chi connectivity index (χ2v) is 4.89. The monoisotopic (exact) mass is 136 g/mol. The van der Waals surface area contributed by atoms with Crippen LogP contribution in [0.2, 0.25) is 0 Å². The van der Waals surface area contributed by atoms with Crippen LogP contribution >= 0.6 is 10.7 Å². The molecule has 0 aromatic rings. The molecule has 1 aliphatic rings. The second-order valence-electron chi connectivity index (χ2n) is 1.49. The largest absolute Gasteiger partial charge is 0.252 e. The van der Waals surface area contributed by atoms with E-state index in [1.165, 1.54) is 0 Å². The van der Waals surface area contributed by atoms with Crippen molar-refractivity contribution in [3.8, 4) is 0 Å². The molecule has 40 valence electrons. The van der Waals surface area contributed by atoms with E-state index in [-0.39, 0.29) is 5.25 Å². The molecular formula is C4H5ClOS. The van der Waals surface area contributed by atoms with Gasteiger partial charge in [-0.05, 0) is 16.6 Å². The Bertz CT molecular complexity index is 184. The van der Waals surface area contributed by atoms with E-state index in [4.69, 9.17) is 10.7 Å². The van der Waals surface area contributed by atoms with Crippen molar-refractivity contribution in [3.05, 3.63) is 12.2 Å². The summed E-state index contributed by atoms with van der Waals surface area (Å²) < 4.78 is 10.5. The van der Waals surface area contributed by atoms with Crippen LogP contribution in [0, 0.1) is 0 Å². The summed E-state index contributed by atoms with van der Waals surface area (Å²) >= 11 is 0. The maximum atomic E-state index is 10.5.